The Balaban J connectivity index is 2.09. The molecule has 0 spiro atoms. The molecule has 2 atom stereocenters. The number of hydrogen-bond donors (Lipinski definition) is 3. The number of aryl methyl sites for hydroxylation is 1. The van der Waals surface area contributed by atoms with Gasteiger partial charge in [-0.05, 0) is 12.8 Å². The molecule has 0 amide bonds. The smallest absolute Gasteiger partial charge is 0.132 e. The molecule has 0 aromatic carbocycles. The zero-order chi connectivity index (χ0) is 12.3. The van der Waals surface area contributed by atoms with Crippen molar-refractivity contribution in [2.75, 3.05) is 11.1 Å². The van der Waals surface area contributed by atoms with Gasteiger partial charge in [0.05, 0.1) is 12.1 Å². The minimum atomic E-state index is -0.287. The van der Waals surface area contributed by atoms with Crippen LogP contribution in [0.5, 0.6) is 0 Å². The maximum Gasteiger partial charge on any atom is 0.132 e. The molecular formula is C12H20N4O. The van der Waals surface area contributed by atoms with Gasteiger partial charge in [0.2, 0.25) is 0 Å². The fourth-order valence-electron chi connectivity index (χ4n) is 2.22. The average molecular weight is 236 g/mol. The number of nitrogens with one attached hydrogen (secondary N) is 1. The van der Waals surface area contributed by atoms with E-state index in [4.69, 9.17) is 5.73 Å². The number of aliphatic hydroxyl groups excluding tert-OH is 1. The molecule has 1 aromatic rings. The molecule has 0 saturated heterocycles. The molecule has 2 unspecified atom stereocenters. The molecule has 1 saturated carbocycles. The quantitative estimate of drug-likeness (QED) is 0.737. The molecule has 0 aliphatic heterocycles. The van der Waals surface area contributed by atoms with Crippen LogP contribution in [-0.2, 0) is 6.42 Å². The van der Waals surface area contributed by atoms with Gasteiger partial charge in [0.1, 0.15) is 17.5 Å². The van der Waals surface area contributed by atoms with E-state index in [-0.39, 0.29) is 12.1 Å². The third-order valence-corrected chi connectivity index (χ3v) is 3.17. The fraction of sp³-hybridized carbons (Fsp3) is 0.667. The lowest BCUT2D eigenvalue weighted by Crippen LogP contribution is -2.36. The van der Waals surface area contributed by atoms with Crippen molar-refractivity contribution in [2.45, 2.75) is 51.2 Å². The molecule has 1 aromatic heterocycles. The lowest BCUT2D eigenvalue weighted by atomic mass is 9.92. The molecule has 5 nitrogen and oxygen atoms in total. The van der Waals surface area contributed by atoms with Crippen LogP contribution in [-0.4, -0.2) is 27.2 Å². The normalized spacial score (nSPS) is 24.6. The van der Waals surface area contributed by atoms with Gasteiger partial charge in [-0.3, -0.25) is 0 Å². The van der Waals surface area contributed by atoms with Crippen LogP contribution in [0, 0.1) is 0 Å². The van der Waals surface area contributed by atoms with Gasteiger partial charge in [-0.25, -0.2) is 9.97 Å². The monoisotopic (exact) mass is 236 g/mol. The van der Waals surface area contributed by atoms with Crippen molar-refractivity contribution in [3.05, 3.63) is 11.9 Å². The molecule has 0 radical (unpaired) electrons. The number of nitrogen functional groups attached to an aromatic ring is 1. The standard InChI is InChI=1S/C12H20N4O/c1-2-11-15-10(13)7-12(16-11)14-8-5-3-4-6-9(8)17/h7-9,17H,2-6H2,1H3,(H3,13,14,15,16). The van der Waals surface area contributed by atoms with Gasteiger partial charge in [-0.2, -0.15) is 0 Å². The summed E-state index contributed by atoms with van der Waals surface area (Å²) in [6.07, 6.45) is 4.56. The van der Waals surface area contributed by atoms with Gasteiger partial charge < -0.3 is 16.2 Å². The zero-order valence-electron chi connectivity index (χ0n) is 10.2. The first-order valence-electron chi connectivity index (χ1n) is 6.27. The first-order chi connectivity index (χ1) is 8.19. The van der Waals surface area contributed by atoms with Gasteiger partial charge >= 0.3 is 0 Å². The maximum absolute atomic E-state index is 9.89. The van der Waals surface area contributed by atoms with Crippen LogP contribution >= 0.6 is 0 Å². The van der Waals surface area contributed by atoms with Crippen LogP contribution in [0.25, 0.3) is 0 Å². The minimum Gasteiger partial charge on any atom is -0.391 e. The van der Waals surface area contributed by atoms with Crippen molar-refractivity contribution in [1.29, 1.82) is 0 Å². The second kappa shape index (κ2) is 5.31. The molecule has 1 heterocycles. The Morgan fingerprint density at radius 2 is 2.18 bits per heavy atom. The highest BCUT2D eigenvalue weighted by molar-refractivity contribution is 5.45. The molecule has 5 heteroatoms. The topological polar surface area (TPSA) is 84.1 Å². The van der Waals surface area contributed by atoms with E-state index in [1.165, 1.54) is 0 Å². The number of rotatable bonds is 3. The number of aromatic nitrogens is 2. The lowest BCUT2D eigenvalue weighted by Gasteiger charge is -2.28. The molecule has 0 bridgehead atoms. The highest BCUT2D eigenvalue weighted by atomic mass is 16.3. The Hall–Kier alpha value is -1.36. The van der Waals surface area contributed by atoms with E-state index in [2.05, 4.69) is 15.3 Å². The van der Waals surface area contributed by atoms with Gasteiger partial charge in [-0.15, -0.1) is 0 Å². The van der Waals surface area contributed by atoms with E-state index >= 15 is 0 Å². The predicted molar refractivity (Wildman–Crippen MR) is 67.7 cm³/mol. The Morgan fingerprint density at radius 3 is 2.88 bits per heavy atom. The molecular weight excluding hydrogens is 216 g/mol. The number of anilines is 2. The molecule has 1 aliphatic rings. The van der Waals surface area contributed by atoms with E-state index in [9.17, 15) is 5.11 Å². The summed E-state index contributed by atoms with van der Waals surface area (Å²) < 4.78 is 0. The van der Waals surface area contributed by atoms with Crippen molar-refractivity contribution < 1.29 is 5.11 Å². The number of aliphatic hydroxyl groups is 1. The number of nitrogens with zero attached hydrogens (tertiary/aromatic N) is 2. The summed E-state index contributed by atoms with van der Waals surface area (Å²) in [5.41, 5.74) is 5.72. The zero-order valence-corrected chi connectivity index (χ0v) is 10.2. The SMILES string of the molecule is CCc1nc(N)cc(NC2CCCCC2O)n1. The van der Waals surface area contributed by atoms with Crippen molar-refractivity contribution >= 4 is 11.6 Å². The second-order valence-electron chi connectivity index (χ2n) is 4.55. The van der Waals surface area contributed by atoms with Crippen LogP contribution < -0.4 is 11.1 Å². The molecule has 94 valence electrons. The summed E-state index contributed by atoms with van der Waals surface area (Å²) in [7, 11) is 0. The van der Waals surface area contributed by atoms with E-state index in [1.54, 1.807) is 6.07 Å². The Kier molecular flexibility index (Phi) is 3.78. The van der Waals surface area contributed by atoms with Gasteiger partial charge in [-0.1, -0.05) is 19.8 Å². The molecule has 1 aliphatic carbocycles. The van der Waals surface area contributed by atoms with Gasteiger partial charge in [0.25, 0.3) is 0 Å². The van der Waals surface area contributed by atoms with E-state index in [0.29, 0.717) is 5.82 Å². The van der Waals surface area contributed by atoms with Crippen molar-refractivity contribution in [3.8, 4) is 0 Å². The highest BCUT2D eigenvalue weighted by Gasteiger charge is 2.23. The summed E-state index contributed by atoms with van der Waals surface area (Å²) in [5.74, 6) is 1.93. The van der Waals surface area contributed by atoms with Crippen LogP contribution in [0.3, 0.4) is 0 Å². The van der Waals surface area contributed by atoms with Crippen LogP contribution in [0.15, 0.2) is 6.07 Å². The van der Waals surface area contributed by atoms with E-state index in [1.807, 2.05) is 6.92 Å². The summed E-state index contributed by atoms with van der Waals surface area (Å²) in [4.78, 5) is 8.50. The van der Waals surface area contributed by atoms with Crippen LogP contribution in [0.4, 0.5) is 11.6 Å². The summed E-state index contributed by atoms with van der Waals surface area (Å²) >= 11 is 0. The van der Waals surface area contributed by atoms with Crippen molar-refractivity contribution in [1.82, 2.24) is 9.97 Å². The Morgan fingerprint density at radius 1 is 1.41 bits per heavy atom. The third kappa shape index (κ3) is 3.06. The van der Waals surface area contributed by atoms with E-state index < -0.39 is 0 Å². The molecule has 17 heavy (non-hydrogen) atoms. The first-order valence-corrected chi connectivity index (χ1v) is 6.27. The fourth-order valence-corrected chi connectivity index (χ4v) is 2.22. The number of nitrogens with two attached hydrogens (primary N) is 1. The largest absolute Gasteiger partial charge is 0.391 e. The van der Waals surface area contributed by atoms with Crippen molar-refractivity contribution in [2.24, 2.45) is 0 Å². The average Bonchev–Trinajstić information content (AvgIpc) is 2.31. The molecule has 4 N–H and O–H groups in total. The number of hydrogen-bond acceptors (Lipinski definition) is 5. The summed E-state index contributed by atoms with van der Waals surface area (Å²) in [5, 5.41) is 13.2. The highest BCUT2D eigenvalue weighted by Crippen LogP contribution is 2.22. The summed E-state index contributed by atoms with van der Waals surface area (Å²) in [6.45, 7) is 1.99. The minimum absolute atomic E-state index is 0.0859. The lowest BCUT2D eigenvalue weighted by molar-refractivity contribution is 0.116. The Bertz CT molecular complexity index is 383. The predicted octanol–water partition coefficient (Wildman–Crippen LogP) is 1.34. The summed E-state index contributed by atoms with van der Waals surface area (Å²) in [6, 6.07) is 1.81. The van der Waals surface area contributed by atoms with Crippen molar-refractivity contribution in [3.63, 3.8) is 0 Å². The van der Waals surface area contributed by atoms with Gasteiger partial charge in [0, 0.05) is 12.5 Å². The van der Waals surface area contributed by atoms with Gasteiger partial charge in [0.15, 0.2) is 0 Å². The van der Waals surface area contributed by atoms with Crippen LogP contribution in [0.2, 0.25) is 0 Å². The third-order valence-electron chi connectivity index (χ3n) is 3.17. The molecule has 2 rings (SSSR count). The second-order valence-corrected chi connectivity index (χ2v) is 4.55. The maximum atomic E-state index is 9.89. The van der Waals surface area contributed by atoms with E-state index in [0.717, 1.165) is 43.7 Å². The molecule has 1 fully saturated rings. The first kappa shape index (κ1) is 12.1. The Labute approximate surface area is 101 Å². The van der Waals surface area contributed by atoms with Crippen LogP contribution in [0.1, 0.15) is 38.4 Å².